The fourth-order valence-electron chi connectivity index (χ4n) is 2.92. The molecule has 1 atom stereocenters. The maximum Gasteiger partial charge on any atom is 0.159 e. The first-order valence-corrected chi connectivity index (χ1v) is 6.96. The van der Waals surface area contributed by atoms with Crippen LogP contribution in [0.3, 0.4) is 0 Å². The van der Waals surface area contributed by atoms with Gasteiger partial charge in [0.05, 0.1) is 5.60 Å². The van der Waals surface area contributed by atoms with E-state index in [0.29, 0.717) is 12.0 Å². The zero-order valence-electron chi connectivity index (χ0n) is 11.7. The number of benzene rings is 1. The Morgan fingerprint density at radius 3 is 2.47 bits per heavy atom. The van der Waals surface area contributed by atoms with Crippen molar-refractivity contribution in [2.24, 2.45) is 5.41 Å². The van der Waals surface area contributed by atoms with Gasteiger partial charge in [0.15, 0.2) is 11.6 Å². The van der Waals surface area contributed by atoms with Crippen LogP contribution in [0.2, 0.25) is 0 Å². The highest BCUT2D eigenvalue weighted by Crippen LogP contribution is 2.39. The molecule has 106 valence electrons. The molecule has 3 heteroatoms. The summed E-state index contributed by atoms with van der Waals surface area (Å²) in [5.41, 5.74) is 0.150. The molecule has 1 aromatic carbocycles. The van der Waals surface area contributed by atoms with Gasteiger partial charge in [0, 0.05) is 6.42 Å². The van der Waals surface area contributed by atoms with Crippen molar-refractivity contribution in [3.05, 3.63) is 35.4 Å². The molecular weight excluding hydrogens is 246 g/mol. The summed E-state index contributed by atoms with van der Waals surface area (Å²) in [6.07, 6.45) is 4.90. The summed E-state index contributed by atoms with van der Waals surface area (Å²) >= 11 is 0. The lowest BCUT2D eigenvalue weighted by Gasteiger charge is -2.28. The molecule has 2 rings (SSSR count). The molecule has 0 amide bonds. The highest BCUT2D eigenvalue weighted by Gasteiger charge is 2.33. The predicted molar refractivity (Wildman–Crippen MR) is 71.9 cm³/mol. The van der Waals surface area contributed by atoms with Crippen LogP contribution < -0.4 is 0 Å². The van der Waals surface area contributed by atoms with Gasteiger partial charge >= 0.3 is 0 Å². The molecule has 0 aliphatic heterocycles. The zero-order valence-corrected chi connectivity index (χ0v) is 11.7. The molecule has 1 nitrogen and oxygen atoms in total. The molecule has 0 heterocycles. The molecule has 0 bridgehead atoms. The molecule has 1 saturated carbocycles. The molecule has 1 unspecified atom stereocenters. The molecule has 1 N–H and O–H groups in total. The van der Waals surface area contributed by atoms with Crippen LogP contribution in [-0.2, 0) is 6.42 Å². The summed E-state index contributed by atoms with van der Waals surface area (Å²) in [6.45, 7) is 4.44. The molecule has 0 radical (unpaired) electrons. The molecule has 1 aliphatic carbocycles. The molecule has 1 aromatic rings. The van der Waals surface area contributed by atoms with Crippen LogP contribution in [0.4, 0.5) is 8.78 Å². The standard InChI is InChI=1S/C16H22F2O/c1-15(2)6-3-7-16(19,9-8-15)11-12-4-5-13(17)14(18)10-12/h4-5,10,19H,3,6-9,11H2,1-2H3. The summed E-state index contributed by atoms with van der Waals surface area (Å²) in [7, 11) is 0. The minimum atomic E-state index is -0.838. The number of aliphatic hydroxyl groups is 1. The Kier molecular flexibility index (Phi) is 3.95. The van der Waals surface area contributed by atoms with E-state index >= 15 is 0 Å². The van der Waals surface area contributed by atoms with Gasteiger partial charge in [0.1, 0.15) is 0 Å². The highest BCUT2D eigenvalue weighted by molar-refractivity contribution is 5.20. The second kappa shape index (κ2) is 5.20. The molecule has 19 heavy (non-hydrogen) atoms. The first-order valence-electron chi connectivity index (χ1n) is 6.96. The van der Waals surface area contributed by atoms with E-state index in [1.54, 1.807) is 6.07 Å². The Hall–Kier alpha value is -0.960. The van der Waals surface area contributed by atoms with Crippen LogP contribution in [0, 0.1) is 17.0 Å². The molecule has 0 saturated heterocycles. The van der Waals surface area contributed by atoms with E-state index in [9.17, 15) is 13.9 Å². The van der Waals surface area contributed by atoms with E-state index in [1.165, 1.54) is 6.07 Å². The quantitative estimate of drug-likeness (QED) is 0.796. The molecule has 1 fully saturated rings. The van der Waals surface area contributed by atoms with Crippen LogP contribution >= 0.6 is 0 Å². The molecule has 0 spiro atoms. The lowest BCUT2D eigenvalue weighted by atomic mass is 9.83. The molecule has 1 aliphatic rings. The number of rotatable bonds is 2. The van der Waals surface area contributed by atoms with Crippen LogP contribution in [0.1, 0.15) is 51.5 Å². The van der Waals surface area contributed by atoms with Crippen LogP contribution in [0.25, 0.3) is 0 Å². The lowest BCUT2D eigenvalue weighted by Crippen LogP contribution is -2.31. The van der Waals surface area contributed by atoms with Gasteiger partial charge in [-0.25, -0.2) is 8.78 Å². The smallest absolute Gasteiger partial charge is 0.159 e. The zero-order chi connectivity index (χ0) is 14.1. The number of hydrogen-bond acceptors (Lipinski definition) is 1. The topological polar surface area (TPSA) is 20.2 Å². The summed E-state index contributed by atoms with van der Waals surface area (Å²) in [4.78, 5) is 0. The first-order chi connectivity index (χ1) is 8.80. The normalized spacial score (nSPS) is 27.0. The lowest BCUT2D eigenvalue weighted by molar-refractivity contribution is 0.0225. The van der Waals surface area contributed by atoms with Gasteiger partial charge in [-0.05, 0) is 48.8 Å². The monoisotopic (exact) mass is 268 g/mol. The van der Waals surface area contributed by atoms with E-state index in [2.05, 4.69) is 13.8 Å². The van der Waals surface area contributed by atoms with Crippen molar-refractivity contribution < 1.29 is 13.9 Å². The Labute approximate surface area is 113 Å². The predicted octanol–water partition coefficient (Wildman–Crippen LogP) is 4.23. The third-order valence-corrected chi connectivity index (χ3v) is 4.28. The van der Waals surface area contributed by atoms with E-state index in [-0.39, 0.29) is 5.41 Å². The van der Waals surface area contributed by atoms with Gasteiger partial charge in [-0.2, -0.15) is 0 Å². The van der Waals surface area contributed by atoms with Crippen LogP contribution in [0.15, 0.2) is 18.2 Å². The SMILES string of the molecule is CC1(C)CCCC(O)(Cc2ccc(F)c(F)c2)CC1. The average Bonchev–Trinajstić information content (AvgIpc) is 2.44. The maximum absolute atomic E-state index is 13.2. The van der Waals surface area contributed by atoms with Crippen LogP contribution in [0.5, 0.6) is 0 Å². The van der Waals surface area contributed by atoms with E-state index in [1.807, 2.05) is 0 Å². The van der Waals surface area contributed by atoms with Gasteiger partial charge in [-0.1, -0.05) is 26.3 Å². The van der Waals surface area contributed by atoms with Crippen molar-refractivity contribution >= 4 is 0 Å². The minimum absolute atomic E-state index is 0.262. The summed E-state index contributed by atoms with van der Waals surface area (Å²) in [5, 5.41) is 10.7. The first kappa shape index (κ1) is 14.4. The second-order valence-corrected chi connectivity index (χ2v) is 6.67. The number of halogens is 2. The Balaban J connectivity index is 2.10. The second-order valence-electron chi connectivity index (χ2n) is 6.67. The van der Waals surface area contributed by atoms with E-state index in [0.717, 1.165) is 38.2 Å². The van der Waals surface area contributed by atoms with Crippen molar-refractivity contribution in [2.75, 3.05) is 0 Å². The van der Waals surface area contributed by atoms with Crippen molar-refractivity contribution in [2.45, 2.75) is 58.0 Å². The van der Waals surface area contributed by atoms with Gasteiger partial charge in [0.2, 0.25) is 0 Å². The van der Waals surface area contributed by atoms with Gasteiger partial charge in [0.25, 0.3) is 0 Å². The summed E-state index contributed by atoms with van der Waals surface area (Å²) in [5.74, 6) is -1.67. The Morgan fingerprint density at radius 1 is 1.05 bits per heavy atom. The maximum atomic E-state index is 13.2. The van der Waals surface area contributed by atoms with E-state index < -0.39 is 17.2 Å². The van der Waals surface area contributed by atoms with Gasteiger partial charge < -0.3 is 5.11 Å². The Bertz CT molecular complexity index is 456. The van der Waals surface area contributed by atoms with Crippen molar-refractivity contribution in [1.29, 1.82) is 0 Å². The number of hydrogen-bond donors (Lipinski definition) is 1. The fourth-order valence-corrected chi connectivity index (χ4v) is 2.92. The fraction of sp³-hybridized carbons (Fsp3) is 0.625. The summed E-state index contributed by atoms with van der Waals surface area (Å²) in [6, 6.07) is 3.89. The average molecular weight is 268 g/mol. The Morgan fingerprint density at radius 2 is 1.79 bits per heavy atom. The third kappa shape index (κ3) is 3.75. The van der Waals surface area contributed by atoms with Crippen molar-refractivity contribution in [3.8, 4) is 0 Å². The minimum Gasteiger partial charge on any atom is -0.390 e. The van der Waals surface area contributed by atoms with Gasteiger partial charge in [-0.3, -0.25) is 0 Å². The third-order valence-electron chi connectivity index (χ3n) is 4.28. The van der Waals surface area contributed by atoms with Crippen LogP contribution in [-0.4, -0.2) is 10.7 Å². The molecule has 0 aromatic heterocycles. The molecular formula is C16H22F2O. The van der Waals surface area contributed by atoms with E-state index in [4.69, 9.17) is 0 Å². The highest BCUT2D eigenvalue weighted by atomic mass is 19.2. The largest absolute Gasteiger partial charge is 0.390 e. The van der Waals surface area contributed by atoms with Crippen molar-refractivity contribution in [1.82, 2.24) is 0 Å². The van der Waals surface area contributed by atoms with Gasteiger partial charge in [-0.15, -0.1) is 0 Å². The summed E-state index contributed by atoms with van der Waals surface area (Å²) < 4.78 is 26.1. The van der Waals surface area contributed by atoms with Crippen molar-refractivity contribution in [3.63, 3.8) is 0 Å².